The Kier molecular flexibility index (Phi) is 5.43. The predicted octanol–water partition coefficient (Wildman–Crippen LogP) is 3.27. The van der Waals surface area contributed by atoms with Crippen LogP contribution in [0.15, 0.2) is 36.4 Å². The molecule has 0 spiro atoms. The van der Waals surface area contributed by atoms with Crippen molar-refractivity contribution in [1.29, 1.82) is 0 Å². The largest absolute Gasteiger partial charge is 0.469 e. The third-order valence-electron chi connectivity index (χ3n) is 4.22. The number of aromatic nitrogens is 7. The van der Waals surface area contributed by atoms with E-state index in [4.69, 9.17) is 10.5 Å². The fourth-order valence-corrected chi connectivity index (χ4v) is 2.96. The molecule has 3 N–H and O–H groups in total. The molecule has 4 rings (SSSR count). The molecule has 31 heavy (non-hydrogen) atoms. The van der Waals surface area contributed by atoms with Crippen molar-refractivity contribution in [3.05, 3.63) is 59.4 Å². The van der Waals surface area contributed by atoms with E-state index in [2.05, 4.69) is 35.6 Å². The number of nitrogen functional groups attached to an aromatic ring is 1. The average Bonchev–Trinajstić information content (AvgIpc) is 3.25. The molecule has 0 amide bonds. The number of aromatic amines is 1. The highest BCUT2D eigenvalue weighted by Crippen LogP contribution is 2.39. The zero-order valence-electron chi connectivity index (χ0n) is 16.1. The van der Waals surface area contributed by atoms with Gasteiger partial charge in [-0.25, -0.2) is 18.2 Å². The van der Waals surface area contributed by atoms with Gasteiger partial charge in [0.15, 0.2) is 6.61 Å². The average molecular weight is 428 g/mol. The first kappa shape index (κ1) is 20.2. The number of nitrogens with two attached hydrogens (primary N) is 1. The molecule has 0 bridgehead atoms. The number of alkyl halides is 2. The summed E-state index contributed by atoms with van der Waals surface area (Å²) in [7, 11) is 0. The summed E-state index contributed by atoms with van der Waals surface area (Å²) in [4.78, 5) is 12.3. The predicted molar refractivity (Wildman–Crippen MR) is 103 cm³/mol. The molecule has 158 valence electrons. The minimum absolute atomic E-state index is 0.0161. The van der Waals surface area contributed by atoms with Crippen LogP contribution in [0.25, 0.3) is 22.4 Å². The second-order valence-electron chi connectivity index (χ2n) is 6.46. The van der Waals surface area contributed by atoms with Gasteiger partial charge in [-0.15, -0.1) is 10.2 Å². The van der Waals surface area contributed by atoms with Gasteiger partial charge in [0.25, 0.3) is 6.43 Å². The van der Waals surface area contributed by atoms with E-state index in [-0.39, 0.29) is 35.5 Å². The van der Waals surface area contributed by atoms with Crippen LogP contribution in [0.2, 0.25) is 0 Å². The number of nitrogens with one attached hydrogen (secondary N) is 1. The Morgan fingerprint density at radius 3 is 2.52 bits per heavy atom. The highest BCUT2D eigenvalue weighted by atomic mass is 19.3. The van der Waals surface area contributed by atoms with Gasteiger partial charge in [-0.2, -0.15) is 10.2 Å². The number of hydrogen-bond acceptors (Lipinski definition) is 8. The van der Waals surface area contributed by atoms with Gasteiger partial charge in [0.2, 0.25) is 17.7 Å². The summed E-state index contributed by atoms with van der Waals surface area (Å²) in [5, 5.41) is 13.3. The molecule has 3 aromatic heterocycles. The summed E-state index contributed by atoms with van der Waals surface area (Å²) >= 11 is 0. The van der Waals surface area contributed by atoms with Crippen LogP contribution in [-0.4, -0.2) is 35.6 Å². The lowest BCUT2D eigenvalue weighted by atomic mass is 9.99. The molecule has 0 saturated heterocycles. The van der Waals surface area contributed by atoms with Crippen LogP contribution < -0.4 is 10.5 Å². The number of H-pyrrole nitrogens is 1. The fraction of sp³-hybridized carbons (Fsp3) is 0.158. The Labute approximate surface area is 173 Å². The van der Waals surface area contributed by atoms with E-state index in [1.165, 1.54) is 30.3 Å². The second-order valence-corrected chi connectivity index (χ2v) is 6.46. The molecule has 0 saturated carbocycles. The molecular formula is C19H15F3N8O. The lowest BCUT2D eigenvalue weighted by Gasteiger charge is -2.16. The molecule has 0 atom stereocenters. The molecule has 9 nitrogen and oxygen atoms in total. The number of ether oxygens (including phenoxy) is 1. The van der Waals surface area contributed by atoms with Gasteiger partial charge in [0.05, 0.1) is 11.3 Å². The molecule has 0 aliphatic heterocycles. The van der Waals surface area contributed by atoms with E-state index in [1.54, 1.807) is 13.0 Å². The van der Waals surface area contributed by atoms with E-state index in [0.29, 0.717) is 16.8 Å². The number of aryl methyl sites for hydroxylation is 1. The van der Waals surface area contributed by atoms with Crippen LogP contribution in [-0.2, 0) is 6.61 Å². The van der Waals surface area contributed by atoms with E-state index in [9.17, 15) is 13.2 Å². The summed E-state index contributed by atoms with van der Waals surface area (Å²) in [6.07, 6.45) is -2.79. The van der Waals surface area contributed by atoms with E-state index in [1.807, 2.05) is 0 Å². The third-order valence-corrected chi connectivity index (χ3v) is 4.22. The van der Waals surface area contributed by atoms with Crippen molar-refractivity contribution in [2.75, 3.05) is 5.73 Å². The first-order valence-corrected chi connectivity index (χ1v) is 8.96. The number of halogens is 3. The highest BCUT2D eigenvalue weighted by Gasteiger charge is 2.22. The van der Waals surface area contributed by atoms with Crippen LogP contribution in [0.3, 0.4) is 0 Å². The Hall–Kier alpha value is -4.09. The molecule has 0 aliphatic rings. The third kappa shape index (κ3) is 4.42. The van der Waals surface area contributed by atoms with Gasteiger partial charge in [-0.05, 0) is 48.9 Å². The molecule has 4 aromatic rings. The van der Waals surface area contributed by atoms with Crippen LogP contribution in [0.5, 0.6) is 5.88 Å². The maximum absolute atomic E-state index is 13.5. The van der Waals surface area contributed by atoms with Crippen molar-refractivity contribution < 1.29 is 17.9 Å². The van der Waals surface area contributed by atoms with Crippen molar-refractivity contribution in [3.8, 4) is 28.3 Å². The number of anilines is 1. The van der Waals surface area contributed by atoms with Crippen LogP contribution in [0.1, 0.15) is 23.6 Å². The van der Waals surface area contributed by atoms with Gasteiger partial charge in [0, 0.05) is 11.3 Å². The van der Waals surface area contributed by atoms with Crippen molar-refractivity contribution in [3.63, 3.8) is 0 Å². The minimum Gasteiger partial charge on any atom is -0.469 e. The molecule has 12 heteroatoms. The molecule has 0 radical (unpaired) electrons. The first-order chi connectivity index (χ1) is 14.9. The quantitative estimate of drug-likeness (QED) is 0.479. The lowest BCUT2D eigenvalue weighted by Crippen LogP contribution is -2.07. The SMILES string of the molecule is Cc1cc(-c2c(OCc3nn[nH]n3)nc(N)nc2-c2ccc(F)cc2)cc(C(F)F)n1. The lowest BCUT2D eigenvalue weighted by molar-refractivity contribution is 0.146. The summed E-state index contributed by atoms with van der Waals surface area (Å²) in [6, 6.07) is 8.30. The molecule has 0 unspecified atom stereocenters. The zero-order valence-corrected chi connectivity index (χ0v) is 16.1. The molecule has 0 fully saturated rings. The second kappa shape index (κ2) is 8.34. The highest BCUT2D eigenvalue weighted by molar-refractivity contribution is 5.85. The normalized spacial score (nSPS) is 11.1. The van der Waals surface area contributed by atoms with Gasteiger partial charge in [0.1, 0.15) is 11.5 Å². The summed E-state index contributed by atoms with van der Waals surface area (Å²) < 4.78 is 46.0. The van der Waals surface area contributed by atoms with E-state index >= 15 is 0 Å². The zero-order chi connectivity index (χ0) is 22.0. The molecular weight excluding hydrogens is 413 g/mol. The molecule has 3 heterocycles. The summed E-state index contributed by atoms with van der Waals surface area (Å²) in [5.74, 6) is -0.306. The van der Waals surface area contributed by atoms with Crippen LogP contribution >= 0.6 is 0 Å². The van der Waals surface area contributed by atoms with Crippen LogP contribution in [0, 0.1) is 12.7 Å². The Morgan fingerprint density at radius 1 is 1.06 bits per heavy atom. The van der Waals surface area contributed by atoms with Crippen LogP contribution in [0.4, 0.5) is 19.1 Å². The number of benzene rings is 1. The number of hydrogen-bond donors (Lipinski definition) is 2. The Morgan fingerprint density at radius 2 is 1.84 bits per heavy atom. The maximum Gasteiger partial charge on any atom is 0.280 e. The van der Waals surface area contributed by atoms with Crippen molar-refractivity contribution >= 4 is 5.95 Å². The first-order valence-electron chi connectivity index (χ1n) is 8.96. The Bertz CT molecular complexity index is 1200. The van der Waals surface area contributed by atoms with Gasteiger partial charge in [-0.3, -0.25) is 4.98 Å². The van der Waals surface area contributed by atoms with Gasteiger partial charge in [-0.1, -0.05) is 5.21 Å². The standard InChI is InChI=1S/C19H15F3N8O/c1-9-6-11(7-13(24-9)17(21)22)15-16(10-2-4-12(20)5-3-10)25-19(23)26-18(15)31-8-14-27-29-30-28-14/h2-7,17H,8H2,1H3,(H2,23,25,26)(H,27,28,29,30). The monoisotopic (exact) mass is 428 g/mol. The fourth-order valence-electron chi connectivity index (χ4n) is 2.96. The van der Waals surface area contributed by atoms with E-state index < -0.39 is 17.9 Å². The number of tetrazole rings is 1. The van der Waals surface area contributed by atoms with Gasteiger partial charge < -0.3 is 10.5 Å². The van der Waals surface area contributed by atoms with Crippen molar-refractivity contribution in [1.82, 2.24) is 35.6 Å². The smallest absolute Gasteiger partial charge is 0.280 e. The maximum atomic E-state index is 13.5. The Balaban J connectivity index is 1.91. The summed E-state index contributed by atoms with van der Waals surface area (Å²) in [5.41, 5.74) is 7.21. The molecule has 1 aromatic carbocycles. The van der Waals surface area contributed by atoms with Crippen molar-refractivity contribution in [2.45, 2.75) is 20.0 Å². The number of pyridine rings is 1. The number of rotatable bonds is 6. The number of nitrogens with zero attached hydrogens (tertiary/aromatic N) is 6. The summed E-state index contributed by atoms with van der Waals surface area (Å²) in [6.45, 7) is 1.47. The topological polar surface area (TPSA) is 128 Å². The minimum atomic E-state index is -2.79. The van der Waals surface area contributed by atoms with Crippen molar-refractivity contribution in [2.24, 2.45) is 0 Å². The van der Waals surface area contributed by atoms with Gasteiger partial charge >= 0.3 is 0 Å². The molecule has 0 aliphatic carbocycles. The van der Waals surface area contributed by atoms with E-state index in [0.717, 1.165) is 0 Å².